The van der Waals surface area contributed by atoms with Gasteiger partial charge in [-0.2, -0.15) is 5.10 Å². The van der Waals surface area contributed by atoms with Crippen LogP contribution in [0.25, 0.3) is 5.82 Å². The zero-order chi connectivity index (χ0) is 19.8. The van der Waals surface area contributed by atoms with Crippen molar-refractivity contribution in [3.63, 3.8) is 0 Å². The molecule has 0 aliphatic carbocycles. The van der Waals surface area contributed by atoms with Gasteiger partial charge in [0.2, 0.25) is 0 Å². The van der Waals surface area contributed by atoms with E-state index in [-0.39, 0.29) is 5.91 Å². The number of aromatic nitrogens is 4. The maximum atomic E-state index is 12.6. The van der Waals surface area contributed by atoms with Gasteiger partial charge in [0.25, 0.3) is 5.91 Å². The highest BCUT2D eigenvalue weighted by molar-refractivity contribution is 7.20. The third-order valence-electron chi connectivity index (χ3n) is 4.64. The predicted molar refractivity (Wildman–Crippen MR) is 111 cm³/mol. The molecule has 3 aromatic rings. The molecule has 0 N–H and O–H groups in total. The Morgan fingerprint density at radius 1 is 1.04 bits per heavy atom. The van der Waals surface area contributed by atoms with Gasteiger partial charge in [-0.25, -0.2) is 4.68 Å². The highest BCUT2D eigenvalue weighted by Crippen LogP contribution is 2.32. The molecule has 4 heterocycles. The highest BCUT2D eigenvalue weighted by Gasteiger charge is 2.25. The standard InChI is InChI=1S/C18H18Cl2N6OS/c1-11-9-12(2)26(23-11)16-4-3-15(21-22-16)24-5-7-25(8-6-24)18(27)13-10-14(19)28-17(13)20/h3-4,9-10H,5-8H2,1-2H3. The van der Waals surface area contributed by atoms with Crippen LogP contribution in [0.3, 0.4) is 0 Å². The van der Waals surface area contributed by atoms with Crippen LogP contribution in [-0.4, -0.2) is 57.0 Å². The Bertz CT molecular complexity index is 1010. The first-order valence-electron chi connectivity index (χ1n) is 8.79. The average molecular weight is 437 g/mol. The average Bonchev–Trinajstić information content (AvgIpc) is 3.21. The third kappa shape index (κ3) is 3.72. The highest BCUT2D eigenvalue weighted by atomic mass is 35.5. The number of carbonyl (C=O) groups excluding carboxylic acids is 1. The van der Waals surface area contributed by atoms with Gasteiger partial charge in [-0.3, -0.25) is 4.79 Å². The molecule has 0 saturated carbocycles. The molecule has 1 amide bonds. The second-order valence-corrected chi connectivity index (χ2v) is 8.89. The number of hydrogen-bond donors (Lipinski definition) is 0. The Balaban J connectivity index is 1.42. The van der Waals surface area contributed by atoms with Gasteiger partial charge < -0.3 is 9.80 Å². The van der Waals surface area contributed by atoms with E-state index in [1.54, 1.807) is 15.6 Å². The first kappa shape index (κ1) is 19.2. The predicted octanol–water partition coefficient (Wildman–Crippen LogP) is 3.61. The summed E-state index contributed by atoms with van der Waals surface area (Å²) in [6.45, 7) is 6.46. The lowest BCUT2D eigenvalue weighted by atomic mass is 10.2. The van der Waals surface area contributed by atoms with Crippen molar-refractivity contribution in [3.05, 3.63) is 49.9 Å². The zero-order valence-electron chi connectivity index (χ0n) is 15.4. The summed E-state index contributed by atoms with van der Waals surface area (Å²) < 4.78 is 2.73. The number of anilines is 1. The lowest BCUT2D eigenvalue weighted by molar-refractivity contribution is 0.0747. The Kier molecular flexibility index (Phi) is 5.27. The second-order valence-electron chi connectivity index (χ2n) is 6.61. The molecule has 0 atom stereocenters. The van der Waals surface area contributed by atoms with E-state index >= 15 is 0 Å². The Hall–Kier alpha value is -2.16. The summed E-state index contributed by atoms with van der Waals surface area (Å²) in [6, 6.07) is 7.48. The molecule has 3 aromatic heterocycles. The van der Waals surface area contributed by atoms with Crippen LogP contribution in [0.2, 0.25) is 8.67 Å². The van der Waals surface area contributed by atoms with Crippen LogP contribution in [0.5, 0.6) is 0 Å². The molecule has 146 valence electrons. The van der Waals surface area contributed by atoms with Gasteiger partial charge in [-0.15, -0.1) is 21.5 Å². The van der Waals surface area contributed by atoms with Crippen molar-refractivity contribution in [3.8, 4) is 5.82 Å². The minimum atomic E-state index is -0.0845. The molecule has 4 rings (SSSR count). The number of amides is 1. The molecule has 0 unspecified atom stereocenters. The van der Waals surface area contributed by atoms with Crippen molar-refractivity contribution in [1.82, 2.24) is 24.9 Å². The molecule has 0 aromatic carbocycles. The fraction of sp³-hybridized carbons (Fsp3) is 0.333. The van der Waals surface area contributed by atoms with Gasteiger partial charge >= 0.3 is 0 Å². The van der Waals surface area contributed by atoms with Crippen LogP contribution in [0.15, 0.2) is 24.3 Å². The molecule has 1 fully saturated rings. The normalized spacial score (nSPS) is 14.6. The zero-order valence-corrected chi connectivity index (χ0v) is 17.7. The SMILES string of the molecule is Cc1cc(C)n(-c2ccc(N3CCN(C(=O)c4cc(Cl)sc4Cl)CC3)nn2)n1. The van der Waals surface area contributed by atoms with Crippen molar-refractivity contribution in [2.45, 2.75) is 13.8 Å². The number of nitrogens with zero attached hydrogens (tertiary/aromatic N) is 6. The molecule has 28 heavy (non-hydrogen) atoms. The summed E-state index contributed by atoms with van der Waals surface area (Å²) >= 11 is 13.3. The number of hydrogen-bond acceptors (Lipinski definition) is 6. The van der Waals surface area contributed by atoms with Crippen LogP contribution in [0.1, 0.15) is 21.7 Å². The van der Waals surface area contributed by atoms with E-state index in [9.17, 15) is 4.79 Å². The van der Waals surface area contributed by atoms with Crippen molar-refractivity contribution in [2.24, 2.45) is 0 Å². The second kappa shape index (κ2) is 7.69. The van der Waals surface area contributed by atoms with E-state index in [1.165, 1.54) is 11.3 Å². The molecule has 0 bridgehead atoms. The van der Waals surface area contributed by atoms with Gasteiger partial charge in [0, 0.05) is 31.9 Å². The van der Waals surface area contributed by atoms with Crippen molar-refractivity contribution < 1.29 is 4.79 Å². The Morgan fingerprint density at radius 2 is 1.71 bits per heavy atom. The van der Waals surface area contributed by atoms with E-state index in [4.69, 9.17) is 23.2 Å². The number of thiophene rings is 1. The number of aryl methyl sites for hydroxylation is 2. The molecule has 1 aliphatic rings. The molecule has 1 saturated heterocycles. The van der Waals surface area contributed by atoms with Crippen LogP contribution in [0, 0.1) is 13.8 Å². The quantitative estimate of drug-likeness (QED) is 0.627. The first-order chi connectivity index (χ1) is 13.4. The summed E-state index contributed by atoms with van der Waals surface area (Å²) in [6.07, 6.45) is 0. The molecular formula is C18H18Cl2N6OS. The number of carbonyl (C=O) groups is 1. The molecule has 0 radical (unpaired) electrons. The van der Waals surface area contributed by atoms with Gasteiger partial charge in [-0.1, -0.05) is 23.2 Å². The summed E-state index contributed by atoms with van der Waals surface area (Å²) in [4.78, 5) is 16.6. The van der Waals surface area contributed by atoms with E-state index in [0.717, 1.165) is 17.2 Å². The maximum absolute atomic E-state index is 12.6. The van der Waals surface area contributed by atoms with E-state index in [0.29, 0.717) is 46.2 Å². The minimum Gasteiger partial charge on any atom is -0.352 e. The monoisotopic (exact) mass is 436 g/mol. The minimum absolute atomic E-state index is 0.0845. The molecule has 1 aliphatic heterocycles. The Labute approximate surface area is 176 Å². The summed E-state index contributed by atoms with van der Waals surface area (Å²) in [5.74, 6) is 1.39. The van der Waals surface area contributed by atoms with Crippen LogP contribution >= 0.6 is 34.5 Å². The smallest absolute Gasteiger partial charge is 0.256 e. The van der Waals surface area contributed by atoms with Crippen LogP contribution < -0.4 is 4.90 Å². The number of rotatable bonds is 3. The number of piperazine rings is 1. The molecule has 10 heteroatoms. The summed E-state index contributed by atoms with van der Waals surface area (Å²) in [7, 11) is 0. The topological polar surface area (TPSA) is 67.2 Å². The van der Waals surface area contributed by atoms with Crippen molar-refractivity contribution in [2.75, 3.05) is 31.1 Å². The lowest BCUT2D eigenvalue weighted by Crippen LogP contribution is -2.49. The van der Waals surface area contributed by atoms with Crippen LogP contribution in [0.4, 0.5) is 5.82 Å². The Morgan fingerprint density at radius 3 is 2.25 bits per heavy atom. The first-order valence-corrected chi connectivity index (χ1v) is 10.4. The fourth-order valence-electron chi connectivity index (χ4n) is 3.26. The van der Waals surface area contributed by atoms with Gasteiger partial charge in [0.05, 0.1) is 15.6 Å². The third-order valence-corrected chi connectivity index (χ3v) is 6.13. The molecule has 0 spiro atoms. The van der Waals surface area contributed by atoms with Crippen molar-refractivity contribution in [1.29, 1.82) is 0 Å². The van der Waals surface area contributed by atoms with E-state index < -0.39 is 0 Å². The van der Waals surface area contributed by atoms with E-state index in [1.807, 2.05) is 32.0 Å². The summed E-state index contributed by atoms with van der Waals surface area (Å²) in [5, 5.41) is 13.1. The van der Waals surface area contributed by atoms with E-state index in [2.05, 4.69) is 20.2 Å². The summed E-state index contributed by atoms with van der Waals surface area (Å²) in [5.41, 5.74) is 2.43. The van der Waals surface area contributed by atoms with Crippen molar-refractivity contribution >= 4 is 46.3 Å². The lowest BCUT2D eigenvalue weighted by Gasteiger charge is -2.35. The molecule has 7 nitrogen and oxygen atoms in total. The molecular weight excluding hydrogens is 419 g/mol. The van der Waals surface area contributed by atoms with Crippen LogP contribution in [-0.2, 0) is 0 Å². The largest absolute Gasteiger partial charge is 0.352 e. The maximum Gasteiger partial charge on any atom is 0.256 e. The van der Waals surface area contributed by atoms with Gasteiger partial charge in [0.1, 0.15) is 4.34 Å². The fourth-order valence-corrected chi connectivity index (χ4v) is 4.70. The van der Waals surface area contributed by atoms with Gasteiger partial charge in [0.15, 0.2) is 11.6 Å². The number of halogens is 2. The van der Waals surface area contributed by atoms with Gasteiger partial charge in [-0.05, 0) is 38.1 Å².